The van der Waals surface area contributed by atoms with Gasteiger partial charge in [-0.3, -0.25) is 0 Å². The van der Waals surface area contributed by atoms with E-state index in [1.807, 2.05) is 24.4 Å². The van der Waals surface area contributed by atoms with Crippen molar-refractivity contribution in [3.63, 3.8) is 0 Å². The maximum atomic E-state index is 6.01. The molecule has 104 valence electrons. The third-order valence-electron chi connectivity index (χ3n) is 3.90. The second kappa shape index (κ2) is 5.01. The Morgan fingerprint density at radius 3 is 2.86 bits per heavy atom. The van der Waals surface area contributed by atoms with Crippen LogP contribution < -0.4 is 5.32 Å². The molecule has 0 radical (unpaired) electrons. The van der Waals surface area contributed by atoms with Gasteiger partial charge in [-0.05, 0) is 60.7 Å². The predicted molar refractivity (Wildman–Crippen MR) is 86.3 cm³/mol. The SMILES string of the molecule is Clc1ccc2cnc(Nc3ccc4c(c3)CCC4)nc2c1. The first-order valence-electron chi connectivity index (χ1n) is 7.09. The van der Waals surface area contributed by atoms with E-state index < -0.39 is 0 Å². The van der Waals surface area contributed by atoms with Crippen LogP contribution in [0.25, 0.3) is 10.9 Å². The fraction of sp³-hybridized carbons (Fsp3) is 0.176. The van der Waals surface area contributed by atoms with Crippen LogP contribution in [0.1, 0.15) is 17.5 Å². The summed E-state index contributed by atoms with van der Waals surface area (Å²) in [6.07, 6.45) is 5.43. The maximum Gasteiger partial charge on any atom is 0.227 e. The summed E-state index contributed by atoms with van der Waals surface area (Å²) in [5, 5.41) is 4.95. The predicted octanol–water partition coefficient (Wildman–Crippen LogP) is 4.52. The molecule has 3 nitrogen and oxygen atoms in total. The molecule has 1 aliphatic rings. The average molecular weight is 296 g/mol. The molecule has 4 heteroatoms. The van der Waals surface area contributed by atoms with Crippen LogP contribution in [-0.4, -0.2) is 9.97 Å². The van der Waals surface area contributed by atoms with Gasteiger partial charge >= 0.3 is 0 Å². The van der Waals surface area contributed by atoms with Crippen LogP contribution in [0.15, 0.2) is 42.6 Å². The third-order valence-corrected chi connectivity index (χ3v) is 4.13. The topological polar surface area (TPSA) is 37.8 Å². The maximum absolute atomic E-state index is 6.01. The molecule has 1 heterocycles. The monoisotopic (exact) mass is 295 g/mol. The first-order chi connectivity index (χ1) is 10.3. The highest BCUT2D eigenvalue weighted by molar-refractivity contribution is 6.31. The van der Waals surface area contributed by atoms with Gasteiger partial charge in [0.05, 0.1) is 5.52 Å². The summed E-state index contributed by atoms with van der Waals surface area (Å²) in [4.78, 5) is 8.88. The molecule has 0 unspecified atom stereocenters. The highest BCUT2D eigenvalue weighted by Crippen LogP contribution is 2.26. The van der Waals surface area contributed by atoms with Crippen LogP contribution in [0.2, 0.25) is 5.02 Å². The van der Waals surface area contributed by atoms with E-state index in [1.54, 1.807) is 0 Å². The molecule has 3 aromatic rings. The molecule has 1 aromatic heterocycles. The zero-order valence-corrected chi connectivity index (χ0v) is 12.2. The summed E-state index contributed by atoms with van der Waals surface area (Å²) in [6.45, 7) is 0. The average Bonchev–Trinajstić information content (AvgIpc) is 2.94. The lowest BCUT2D eigenvalue weighted by Crippen LogP contribution is -1.98. The Morgan fingerprint density at radius 1 is 1.00 bits per heavy atom. The smallest absolute Gasteiger partial charge is 0.227 e. The molecule has 0 saturated heterocycles. The molecule has 0 saturated carbocycles. The standard InChI is InChI=1S/C17H14ClN3/c18-14-6-4-13-10-19-17(21-16(13)9-14)20-15-7-5-11-2-1-3-12(11)8-15/h4-10H,1-3H2,(H,19,20,21). The molecule has 21 heavy (non-hydrogen) atoms. The van der Waals surface area contributed by atoms with Gasteiger partial charge < -0.3 is 5.32 Å². The number of halogens is 1. The van der Waals surface area contributed by atoms with E-state index in [4.69, 9.17) is 11.6 Å². The molecule has 0 aliphatic heterocycles. The Morgan fingerprint density at radius 2 is 1.90 bits per heavy atom. The number of benzene rings is 2. The summed E-state index contributed by atoms with van der Waals surface area (Å²) in [5.74, 6) is 0.600. The second-order valence-corrected chi connectivity index (χ2v) is 5.80. The number of hydrogen-bond donors (Lipinski definition) is 1. The Hall–Kier alpha value is -2.13. The van der Waals surface area contributed by atoms with Gasteiger partial charge in [0.25, 0.3) is 0 Å². The summed E-state index contributed by atoms with van der Waals surface area (Å²) >= 11 is 6.01. The number of nitrogens with one attached hydrogen (secondary N) is 1. The van der Waals surface area contributed by atoms with Crippen molar-refractivity contribution in [2.75, 3.05) is 5.32 Å². The Balaban J connectivity index is 1.67. The van der Waals surface area contributed by atoms with E-state index in [1.165, 1.54) is 30.4 Å². The zero-order valence-electron chi connectivity index (χ0n) is 11.4. The van der Waals surface area contributed by atoms with Gasteiger partial charge in [-0.2, -0.15) is 0 Å². The highest BCUT2D eigenvalue weighted by Gasteiger charge is 2.11. The van der Waals surface area contributed by atoms with E-state index in [-0.39, 0.29) is 0 Å². The molecular formula is C17H14ClN3. The Labute approximate surface area is 128 Å². The lowest BCUT2D eigenvalue weighted by molar-refractivity contribution is 0.912. The minimum atomic E-state index is 0.600. The number of fused-ring (bicyclic) bond motifs is 2. The lowest BCUT2D eigenvalue weighted by atomic mass is 10.1. The van der Waals surface area contributed by atoms with Crippen molar-refractivity contribution in [2.45, 2.75) is 19.3 Å². The number of anilines is 2. The van der Waals surface area contributed by atoms with Crippen LogP contribution in [0.4, 0.5) is 11.6 Å². The molecule has 0 amide bonds. The van der Waals surface area contributed by atoms with E-state index in [0.29, 0.717) is 11.0 Å². The van der Waals surface area contributed by atoms with Crippen molar-refractivity contribution in [2.24, 2.45) is 0 Å². The van der Waals surface area contributed by atoms with Crippen molar-refractivity contribution in [3.05, 3.63) is 58.7 Å². The number of nitrogens with zero attached hydrogens (tertiary/aromatic N) is 2. The van der Waals surface area contributed by atoms with Crippen LogP contribution in [0.5, 0.6) is 0 Å². The molecule has 0 atom stereocenters. The Bertz CT molecular complexity index is 829. The summed E-state index contributed by atoms with van der Waals surface area (Å²) in [7, 11) is 0. The van der Waals surface area contributed by atoms with Crippen molar-refractivity contribution in [1.82, 2.24) is 9.97 Å². The van der Waals surface area contributed by atoms with Crippen molar-refractivity contribution in [3.8, 4) is 0 Å². The summed E-state index contributed by atoms with van der Waals surface area (Å²) in [6, 6.07) is 12.1. The molecule has 0 bridgehead atoms. The van der Waals surface area contributed by atoms with E-state index in [0.717, 1.165) is 16.6 Å². The van der Waals surface area contributed by atoms with Crippen LogP contribution in [0, 0.1) is 0 Å². The van der Waals surface area contributed by atoms with Gasteiger partial charge in [0.2, 0.25) is 5.95 Å². The van der Waals surface area contributed by atoms with Crippen LogP contribution in [0.3, 0.4) is 0 Å². The molecule has 1 aliphatic carbocycles. The molecule has 2 aromatic carbocycles. The number of aryl methyl sites for hydroxylation is 2. The first kappa shape index (κ1) is 12.6. The minimum Gasteiger partial charge on any atom is -0.324 e. The van der Waals surface area contributed by atoms with Gasteiger partial charge in [0.15, 0.2) is 0 Å². The number of rotatable bonds is 2. The third kappa shape index (κ3) is 2.45. The van der Waals surface area contributed by atoms with Crippen LogP contribution in [-0.2, 0) is 12.8 Å². The first-order valence-corrected chi connectivity index (χ1v) is 7.47. The van der Waals surface area contributed by atoms with Gasteiger partial charge in [0.1, 0.15) is 0 Å². The van der Waals surface area contributed by atoms with Crippen molar-refractivity contribution >= 4 is 34.1 Å². The van der Waals surface area contributed by atoms with Crippen molar-refractivity contribution in [1.29, 1.82) is 0 Å². The van der Waals surface area contributed by atoms with Gasteiger partial charge in [-0.15, -0.1) is 0 Å². The summed E-state index contributed by atoms with van der Waals surface area (Å²) < 4.78 is 0. The quantitative estimate of drug-likeness (QED) is 0.755. The minimum absolute atomic E-state index is 0.600. The van der Waals surface area contributed by atoms with Crippen molar-refractivity contribution < 1.29 is 0 Å². The van der Waals surface area contributed by atoms with E-state index in [9.17, 15) is 0 Å². The van der Waals surface area contributed by atoms with Crippen LogP contribution >= 0.6 is 11.6 Å². The normalized spacial score (nSPS) is 13.4. The van der Waals surface area contributed by atoms with E-state index >= 15 is 0 Å². The number of aromatic nitrogens is 2. The highest BCUT2D eigenvalue weighted by atomic mass is 35.5. The molecule has 0 spiro atoms. The van der Waals surface area contributed by atoms with E-state index in [2.05, 4.69) is 33.5 Å². The molecular weight excluding hydrogens is 282 g/mol. The van der Waals surface area contributed by atoms with Gasteiger partial charge in [0, 0.05) is 22.3 Å². The fourth-order valence-corrected chi connectivity index (χ4v) is 3.00. The zero-order chi connectivity index (χ0) is 14.2. The van der Waals surface area contributed by atoms with Gasteiger partial charge in [-0.25, -0.2) is 9.97 Å². The molecule has 4 rings (SSSR count). The molecule has 0 fully saturated rings. The van der Waals surface area contributed by atoms with Gasteiger partial charge in [-0.1, -0.05) is 17.7 Å². The Kier molecular flexibility index (Phi) is 3.00. The molecule has 1 N–H and O–H groups in total. The lowest BCUT2D eigenvalue weighted by Gasteiger charge is -2.08. The number of hydrogen-bond acceptors (Lipinski definition) is 3. The largest absolute Gasteiger partial charge is 0.324 e. The second-order valence-electron chi connectivity index (χ2n) is 5.36. The summed E-state index contributed by atoms with van der Waals surface area (Å²) in [5.41, 5.74) is 4.79. The fourth-order valence-electron chi connectivity index (χ4n) is 2.84.